The minimum absolute atomic E-state index is 0.00364. The van der Waals surface area contributed by atoms with Crippen molar-refractivity contribution in [3.8, 4) is 0 Å². The molecule has 0 unspecified atom stereocenters. The summed E-state index contributed by atoms with van der Waals surface area (Å²) < 4.78 is 98.0. The Morgan fingerprint density at radius 1 is 0.875 bits per heavy atom. The number of nitrogens with zero attached hydrogens (tertiary/aromatic N) is 3. The van der Waals surface area contributed by atoms with Crippen LogP contribution in [0.15, 0.2) is 70.7 Å². The van der Waals surface area contributed by atoms with Crippen LogP contribution in [0, 0.1) is 0 Å². The lowest BCUT2D eigenvalue weighted by Crippen LogP contribution is -2.22. The molecule has 172 valence electrons. The van der Waals surface area contributed by atoms with E-state index in [0.29, 0.717) is 16.8 Å². The summed E-state index contributed by atoms with van der Waals surface area (Å²) in [5, 5.41) is 3.86. The van der Waals surface area contributed by atoms with Crippen LogP contribution in [-0.2, 0) is 40.1 Å². The van der Waals surface area contributed by atoms with E-state index in [2.05, 4.69) is 5.10 Å². The highest BCUT2D eigenvalue weighted by Gasteiger charge is 2.17. The monoisotopic (exact) mass is 491 g/mol. The normalized spacial score (nSPS) is 12.3. The molecule has 13 heteroatoms. The number of rotatable bonds is 9. The van der Waals surface area contributed by atoms with Gasteiger partial charge in [0.05, 0.1) is 21.7 Å². The molecule has 0 aliphatic heterocycles. The third-order valence-electron chi connectivity index (χ3n) is 4.42. The Hall–Kier alpha value is -2.93. The van der Waals surface area contributed by atoms with Gasteiger partial charge >= 0.3 is 20.4 Å². The van der Waals surface area contributed by atoms with Gasteiger partial charge in [-0.1, -0.05) is 24.3 Å². The molecule has 0 aliphatic rings. The number of alkyl halides is 2. The lowest BCUT2D eigenvalue weighted by Gasteiger charge is -2.24. The molecular formula is C19H17F4N3O4S2. The Labute approximate surface area is 182 Å². The Morgan fingerprint density at radius 2 is 1.38 bits per heavy atom. The van der Waals surface area contributed by atoms with Gasteiger partial charge < -0.3 is 4.90 Å². The smallest absolute Gasteiger partial charge is 0.332 e. The zero-order valence-electron chi connectivity index (χ0n) is 16.3. The van der Waals surface area contributed by atoms with Crippen LogP contribution in [0.1, 0.15) is 11.1 Å². The zero-order chi connectivity index (χ0) is 23.5. The van der Waals surface area contributed by atoms with Crippen LogP contribution in [0.3, 0.4) is 0 Å². The first kappa shape index (κ1) is 23.7. The fourth-order valence-corrected chi connectivity index (χ4v) is 4.09. The van der Waals surface area contributed by atoms with E-state index in [4.69, 9.17) is 0 Å². The first-order valence-corrected chi connectivity index (χ1v) is 11.8. The maximum atomic E-state index is 13.4. The van der Waals surface area contributed by atoms with Crippen LogP contribution in [0.25, 0.3) is 0 Å². The quantitative estimate of drug-likeness (QED) is 0.335. The Kier molecular flexibility index (Phi) is 6.88. The Bertz CT molecular complexity index is 1230. The van der Waals surface area contributed by atoms with Crippen LogP contribution in [0.2, 0.25) is 0 Å². The van der Waals surface area contributed by atoms with Crippen LogP contribution in [-0.4, -0.2) is 33.0 Å². The van der Waals surface area contributed by atoms with Crippen molar-refractivity contribution in [1.82, 2.24) is 9.78 Å². The summed E-state index contributed by atoms with van der Waals surface area (Å²) in [4.78, 5) is 0.478. The number of hydrogen-bond acceptors (Lipinski definition) is 6. The average Bonchev–Trinajstić information content (AvgIpc) is 3.14. The lowest BCUT2D eigenvalue weighted by atomic mass is 10.1. The Balaban J connectivity index is 1.96. The number of aromatic nitrogens is 2. The number of hydrogen-bond donors (Lipinski definition) is 0. The lowest BCUT2D eigenvalue weighted by molar-refractivity contribution is 0.122. The first-order valence-electron chi connectivity index (χ1n) is 9.04. The second-order valence-electron chi connectivity index (χ2n) is 6.84. The van der Waals surface area contributed by atoms with E-state index in [1.807, 2.05) is 0 Å². The van der Waals surface area contributed by atoms with Gasteiger partial charge in [0.25, 0.3) is 6.43 Å². The van der Waals surface area contributed by atoms with Crippen molar-refractivity contribution in [2.24, 2.45) is 0 Å². The molecule has 0 saturated carbocycles. The van der Waals surface area contributed by atoms with E-state index >= 15 is 0 Å². The summed E-state index contributed by atoms with van der Waals surface area (Å²) in [6, 6.07) is 10.2. The summed E-state index contributed by atoms with van der Waals surface area (Å²) in [6.07, 6.45) is -0.0139. The molecule has 0 N–H and O–H groups in total. The Morgan fingerprint density at radius 3 is 1.81 bits per heavy atom. The predicted molar refractivity (Wildman–Crippen MR) is 108 cm³/mol. The summed E-state index contributed by atoms with van der Waals surface area (Å²) in [7, 11) is -9.89. The second-order valence-corrected chi connectivity index (χ2v) is 9.53. The molecule has 3 aromatic rings. The number of benzene rings is 2. The van der Waals surface area contributed by atoms with Gasteiger partial charge in [0.1, 0.15) is 6.54 Å². The molecule has 0 spiro atoms. The van der Waals surface area contributed by atoms with E-state index in [0.717, 1.165) is 28.9 Å². The molecule has 7 nitrogen and oxygen atoms in total. The predicted octanol–water partition coefficient (Wildman–Crippen LogP) is 3.67. The van der Waals surface area contributed by atoms with Gasteiger partial charge in [-0.2, -0.15) is 21.9 Å². The third kappa shape index (κ3) is 6.29. The van der Waals surface area contributed by atoms with Crippen molar-refractivity contribution < 1.29 is 33.4 Å². The highest BCUT2D eigenvalue weighted by atomic mass is 32.3. The van der Waals surface area contributed by atoms with E-state index in [1.165, 1.54) is 36.7 Å². The zero-order valence-corrected chi connectivity index (χ0v) is 17.9. The van der Waals surface area contributed by atoms with E-state index in [9.17, 15) is 33.4 Å². The highest BCUT2D eigenvalue weighted by Crippen LogP contribution is 2.23. The topological polar surface area (TPSA) is 89.3 Å². The SMILES string of the molecule is O=S(=O)(F)c1cccc(CN(Cc2cccc(S(=O)(=O)F)c2)c2cnn(CC(F)F)c2)c1. The van der Waals surface area contributed by atoms with Gasteiger partial charge in [-0.15, -0.1) is 7.77 Å². The largest absolute Gasteiger partial charge is 0.360 e. The van der Waals surface area contributed by atoms with Crippen LogP contribution < -0.4 is 4.90 Å². The number of anilines is 1. The third-order valence-corrected chi connectivity index (χ3v) is 6.05. The molecular weight excluding hydrogens is 474 g/mol. The molecule has 0 aliphatic carbocycles. The first-order chi connectivity index (χ1) is 14.9. The van der Waals surface area contributed by atoms with E-state index in [-0.39, 0.29) is 13.1 Å². The molecule has 2 aromatic carbocycles. The van der Waals surface area contributed by atoms with Crippen molar-refractivity contribution in [3.63, 3.8) is 0 Å². The minimum Gasteiger partial charge on any atom is -0.360 e. The maximum Gasteiger partial charge on any atom is 0.332 e. The average molecular weight is 491 g/mol. The molecule has 0 amide bonds. The van der Waals surface area contributed by atoms with Gasteiger partial charge in [-0.3, -0.25) is 4.68 Å². The molecule has 0 saturated heterocycles. The second kappa shape index (κ2) is 9.28. The van der Waals surface area contributed by atoms with Gasteiger partial charge in [-0.25, -0.2) is 8.78 Å². The van der Waals surface area contributed by atoms with Crippen molar-refractivity contribution >= 4 is 26.1 Å². The molecule has 0 atom stereocenters. The van der Waals surface area contributed by atoms with E-state index < -0.39 is 43.2 Å². The molecule has 32 heavy (non-hydrogen) atoms. The van der Waals surface area contributed by atoms with Crippen LogP contribution in [0.4, 0.5) is 22.2 Å². The van der Waals surface area contributed by atoms with Crippen LogP contribution >= 0.6 is 0 Å². The van der Waals surface area contributed by atoms with Gasteiger partial charge in [0, 0.05) is 19.3 Å². The molecule has 1 aromatic heterocycles. The summed E-state index contributed by atoms with van der Waals surface area (Å²) >= 11 is 0. The summed E-state index contributed by atoms with van der Waals surface area (Å²) in [5.41, 5.74) is 1.10. The maximum absolute atomic E-state index is 13.4. The van der Waals surface area contributed by atoms with Crippen molar-refractivity contribution in [2.75, 3.05) is 4.90 Å². The molecule has 0 fully saturated rings. The van der Waals surface area contributed by atoms with Gasteiger partial charge in [0.2, 0.25) is 0 Å². The fourth-order valence-electron chi connectivity index (χ4n) is 3.03. The summed E-state index contributed by atoms with van der Waals surface area (Å²) in [5.74, 6) is 0. The minimum atomic E-state index is -4.94. The fraction of sp³-hybridized carbons (Fsp3) is 0.211. The van der Waals surface area contributed by atoms with E-state index in [1.54, 1.807) is 4.90 Å². The molecule has 1 heterocycles. The highest BCUT2D eigenvalue weighted by molar-refractivity contribution is 7.86. The van der Waals surface area contributed by atoms with Crippen molar-refractivity contribution in [1.29, 1.82) is 0 Å². The summed E-state index contributed by atoms with van der Waals surface area (Å²) in [6.45, 7) is -0.661. The van der Waals surface area contributed by atoms with Gasteiger partial charge in [-0.05, 0) is 35.4 Å². The van der Waals surface area contributed by atoms with Gasteiger partial charge in [0.15, 0.2) is 0 Å². The standard InChI is InChI=1S/C19H17F4N3O4S2/c20-19(21)13-26-12-16(9-24-26)25(10-14-3-1-5-17(7-14)31(22,27)28)11-15-4-2-6-18(8-15)32(23,29)30/h1-9,12,19H,10-11,13H2. The van der Waals surface area contributed by atoms with Crippen molar-refractivity contribution in [2.45, 2.75) is 35.9 Å². The molecule has 0 radical (unpaired) electrons. The van der Waals surface area contributed by atoms with Crippen LogP contribution in [0.5, 0.6) is 0 Å². The molecule has 3 rings (SSSR count). The number of halogens is 4. The molecule has 0 bridgehead atoms. The van der Waals surface area contributed by atoms with Crippen molar-refractivity contribution in [3.05, 3.63) is 72.1 Å².